The molecular weight excluding hydrogens is 284 g/mol. The zero-order valence-electron chi connectivity index (χ0n) is 9.95. The molecule has 2 heterocycles. The van der Waals surface area contributed by atoms with Gasteiger partial charge in [-0.3, -0.25) is 4.79 Å². The van der Waals surface area contributed by atoms with Crippen molar-refractivity contribution < 1.29 is 4.42 Å². The van der Waals surface area contributed by atoms with Crippen molar-refractivity contribution in [1.29, 1.82) is 0 Å². The second-order valence-electron chi connectivity index (χ2n) is 4.02. The van der Waals surface area contributed by atoms with E-state index in [0.717, 1.165) is 15.9 Å². The number of aromatic nitrogens is 2. The van der Waals surface area contributed by atoms with Gasteiger partial charge in [0.25, 0.3) is 5.56 Å². The molecule has 0 saturated carbocycles. The maximum Gasteiger partial charge on any atom is 0.253 e. The molecule has 0 aliphatic rings. The topological polar surface area (TPSA) is 48.0 Å². The molecule has 0 fully saturated rings. The highest BCUT2D eigenvalue weighted by molar-refractivity contribution is 9.10. The average Bonchev–Trinajstić information content (AvgIpc) is 2.54. The number of rotatable bonds is 2. The minimum Gasteiger partial charge on any atom is -0.444 e. The van der Waals surface area contributed by atoms with Crippen molar-refractivity contribution in [3.05, 3.63) is 50.0 Å². The predicted molar refractivity (Wildman–Crippen MR) is 68.2 cm³/mol. The van der Waals surface area contributed by atoms with Crippen LogP contribution in [0.25, 0.3) is 0 Å². The Morgan fingerprint density at radius 2 is 2.12 bits per heavy atom. The van der Waals surface area contributed by atoms with Crippen molar-refractivity contribution in [2.45, 2.75) is 27.3 Å². The van der Waals surface area contributed by atoms with Gasteiger partial charge >= 0.3 is 0 Å². The summed E-state index contributed by atoms with van der Waals surface area (Å²) < 4.78 is 7.92. The number of oxazole rings is 1. The van der Waals surface area contributed by atoms with Gasteiger partial charge in [-0.1, -0.05) is 0 Å². The first kappa shape index (κ1) is 12.1. The molecule has 2 rings (SSSR count). The average molecular weight is 297 g/mol. The zero-order valence-corrected chi connectivity index (χ0v) is 11.5. The maximum atomic E-state index is 11.9. The number of pyridine rings is 1. The number of aryl methyl sites for hydroxylation is 3. The highest BCUT2D eigenvalue weighted by Crippen LogP contribution is 2.12. The van der Waals surface area contributed by atoms with Crippen LogP contribution in [0, 0.1) is 20.8 Å². The monoisotopic (exact) mass is 296 g/mol. The van der Waals surface area contributed by atoms with Gasteiger partial charge in [0.15, 0.2) is 0 Å². The van der Waals surface area contributed by atoms with Crippen LogP contribution in [0.3, 0.4) is 0 Å². The molecule has 2 aromatic heterocycles. The molecule has 0 bridgehead atoms. The molecule has 0 spiro atoms. The summed E-state index contributed by atoms with van der Waals surface area (Å²) in [6, 6.07) is 1.80. The Morgan fingerprint density at radius 1 is 1.41 bits per heavy atom. The third-order valence-electron chi connectivity index (χ3n) is 2.61. The van der Waals surface area contributed by atoms with Crippen LogP contribution < -0.4 is 5.56 Å². The summed E-state index contributed by atoms with van der Waals surface area (Å²) in [7, 11) is 0. The van der Waals surface area contributed by atoms with Gasteiger partial charge in [-0.25, -0.2) is 4.98 Å². The van der Waals surface area contributed by atoms with Gasteiger partial charge in [-0.05, 0) is 42.8 Å². The van der Waals surface area contributed by atoms with Crippen LogP contribution in [-0.4, -0.2) is 9.55 Å². The van der Waals surface area contributed by atoms with Gasteiger partial charge in [0.2, 0.25) is 5.89 Å². The summed E-state index contributed by atoms with van der Waals surface area (Å²) in [4.78, 5) is 16.2. The van der Waals surface area contributed by atoms with E-state index in [1.54, 1.807) is 23.8 Å². The van der Waals surface area contributed by atoms with Crippen LogP contribution in [0.15, 0.2) is 25.9 Å². The summed E-state index contributed by atoms with van der Waals surface area (Å²) in [5.74, 6) is 1.35. The standard InChI is InChI=1S/C12H13BrN2O2/c1-7-4-10(13)5-15(12(7)16)6-11-14-8(2)9(3)17-11/h4-5H,6H2,1-3H3. The van der Waals surface area contributed by atoms with Crippen molar-refractivity contribution >= 4 is 15.9 Å². The minimum atomic E-state index is -0.0262. The smallest absolute Gasteiger partial charge is 0.253 e. The second-order valence-corrected chi connectivity index (χ2v) is 4.94. The predicted octanol–water partition coefficient (Wildman–Crippen LogP) is 2.57. The zero-order chi connectivity index (χ0) is 12.6. The van der Waals surface area contributed by atoms with Gasteiger partial charge in [0.05, 0.1) is 5.69 Å². The molecule has 90 valence electrons. The lowest BCUT2D eigenvalue weighted by atomic mass is 10.3. The molecule has 2 aromatic rings. The molecule has 0 unspecified atom stereocenters. The number of hydrogen-bond donors (Lipinski definition) is 0. The minimum absolute atomic E-state index is 0.0262. The SMILES string of the molecule is Cc1nc(Cn2cc(Br)cc(C)c2=O)oc1C. The normalized spacial score (nSPS) is 10.8. The highest BCUT2D eigenvalue weighted by atomic mass is 79.9. The van der Waals surface area contributed by atoms with Gasteiger partial charge < -0.3 is 8.98 Å². The Balaban J connectivity index is 2.39. The summed E-state index contributed by atoms with van der Waals surface area (Å²) in [6.45, 7) is 5.89. The molecule has 0 amide bonds. The largest absolute Gasteiger partial charge is 0.444 e. The summed E-state index contributed by atoms with van der Waals surface area (Å²) in [5, 5.41) is 0. The van der Waals surface area contributed by atoms with Crippen LogP contribution in [0.1, 0.15) is 22.9 Å². The molecule has 5 heteroatoms. The molecule has 0 N–H and O–H groups in total. The fraction of sp³-hybridized carbons (Fsp3) is 0.333. The molecule has 4 nitrogen and oxygen atoms in total. The van der Waals surface area contributed by atoms with Crippen LogP contribution >= 0.6 is 15.9 Å². The van der Waals surface area contributed by atoms with E-state index in [2.05, 4.69) is 20.9 Å². The van der Waals surface area contributed by atoms with Crippen molar-refractivity contribution in [2.24, 2.45) is 0 Å². The Bertz CT molecular complexity index is 594. The Labute approximate surface area is 107 Å². The van der Waals surface area contributed by atoms with Crippen LogP contribution in [0.4, 0.5) is 0 Å². The lowest BCUT2D eigenvalue weighted by Crippen LogP contribution is -2.22. The van der Waals surface area contributed by atoms with Crippen molar-refractivity contribution in [3.63, 3.8) is 0 Å². The van der Waals surface area contributed by atoms with E-state index in [4.69, 9.17) is 4.42 Å². The fourth-order valence-corrected chi connectivity index (χ4v) is 2.20. The summed E-state index contributed by atoms with van der Waals surface area (Å²) >= 11 is 3.37. The second kappa shape index (κ2) is 4.49. The van der Waals surface area contributed by atoms with E-state index in [0.29, 0.717) is 18.0 Å². The van der Waals surface area contributed by atoms with E-state index < -0.39 is 0 Å². The molecule has 0 aromatic carbocycles. The maximum absolute atomic E-state index is 11.9. The summed E-state index contributed by atoms with van der Waals surface area (Å²) in [5.41, 5.74) is 1.53. The lowest BCUT2D eigenvalue weighted by molar-refractivity contribution is 0.453. The third-order valence-corrected chi connectivity index (χ3v) is 3.04. The van der Waals surface area contributed by atoms with E-state index >= 15 is 0 Å². The molecule has 17 heavy (non-hydrogen) atoms. The molecule has 0 saturated heterocycles. The van der Waals surface area contributed by atoms with Crippen LogP contribution in [0.5, 0.6) is 0 Å². The molecular formula is C12H13BrN2O2. The van der Waals surface area contributed by atoms with E-state index in [-0.39, 0.29) is 5.56 Å². The molecule has 0 aliphatic carbocycles. The third kappa shape index (κ3) is 2.49. The van der Waals surface area contributed by atoms with Gasteiger partial charge in [0.1, 0.15) is 12.3 Å². The van der Waals surface area contributed by atoms with Crippen LogP contribution in [0.2, 0.25) is 0 Å². The van der Waals surface area contributed by atoms with E-state index in [9.17, 15) is 4.79 Å². The number of hydrogen-bond acceptors (Lipinski definition) is 3. The van der Waals surface area contributed by atoms with Crippen molar-refractivity contribution in [3.8, 4) is 0 Å². The summed E-state index contributed by atoms with van der Waals surface area (Å²) in [6.07, 6.45) is 1.74. The van der Waals surface area contributed by atoms with Gasteiger partial charge in [-0.15, -0.1) is 0 Å². The van der Waals surface area contributed by atoms with Crippen molar-refractivity contribution in [2.75, 3.05) is 0 Å². The van der Waals surface area contributed by atoms with E-state index in [1.165, 1.54) is 0 Å². The fourth-order valence-electron chi connectivity index (χ4n) is 1.61. The highest BCUT2D eigenvalue weighted by Gasteiger charge is 2.08. The lowest BCUT2D eigenvalue weighted by Gasteiger charge is -2.04. The van der Waals surface area contributed by atoms with E-state index in [1.807, 2.05) is 13.8 Å². The number of halogens is 1. The molecule has 0 aliphatic heterocycles. The van der Waals surface area contributed by atoms with Crippen molar-refractivity contribution in [1.82, 2.24) is 9.55 Å². The first-order chi connectivity index (χ1) is 7.97. The van der Waals surface area contributed by atoms with Gasteiger partial charge in [0, 0.05) is 16.2 Å². The van der Waals surface area contributed by atoms with Gasteiger partial charge in [-0.2, -0.15) is 0 Å². The van der Waals surface area contributed by atoms with Crippen LogP contribution in [-0.2, 0) is 6.54 Å². The first-order valence-electron chi connectivity index (χ1n) is 5.27. The Morgan fingerprint density at radius 3 is 2.71 bits per heavy atom. The molecule has 0 radical (unpaired) electrons. The first-order valence-corrected chi connectivity index (χ1v) is 6.06. The Kier molecular flexibility index (Phi) is 3.19. The Hall–Kier alpha value is -1.36. The quantitative estimate of drug-likeness (QED) is 0.856. The molecule has 0 atom stereocenters. The number of nitrogens with zero attached hydrogens (tertiary/aromatic N) is 2.